The molecule has 0 N–H and O–H groups in total. The normalized spacial score (nSPS) is 23.8. The van der Waals surface area contributed by atoms with E-state index in [-0.39, 0.29) is 41.5 Å². The zero-order valence-corrected chi connectivity index (χ0v) is 10.8. The van der Waals surface area contributed by atoms with Crippen LogP contribution >= 0.6 is 0 Å². The first-order chi connectivity index (χ1) is 9.52. The molecular weight excluding hydrogens is 265 g/mol. The number of benzene rings is 1. The lowest BCUT2D eigenvalue weighted by atomic mass is 10.1. The Kier molecular flexibility index (Phi) is 2.81. The van der Waals surface area contributed by atoms with Crippen LogP contribution in [0.25, 0.3) is 0 Å². The van der Waals surface area contributed by atoms with Crippen molar-refractivity contribution in [3.63, 3.8) is 0 Å². The minimum Gasteiger partial charge on any atom is -0.494 e. The number of methoxy groups -OCH3 is 1. The number of carbonyl (C=O) groups excluding carboxylic acids is 3. The minimum atomic E-state index is -0.653. The number of likely N-dealkylation sites (tertiary alicyclic amines) is 1. The van der Waals surface area contributed by atoms with Gasteiger partial charge in [-0.2, -0.15) is 0 Å². The first-order valence-electron chi connectivity index (χ1n) is 6.25. The molecule has 1 heterocycles. The van der Waals surface area contributed by atoms with Gasteiger partial charge in [0.05, 0.1) is 25.5 Å². The van der Waals surface area contributed by atoms with Gasteiger partial charge in [0.2, 0.25) is 11.8 Å². The van der Waals surface area contributed by atoms with Crippen molar-refractivity contribution in [2.45, 2.75) is 6.42 Å². The molecule has 1 aliphatic heterocycles. The molecule has 20 heavy (non-hydrogen) atoms. The van der Waals surface area contributed by atoms with Gasteiger partial charge in [-0.15, -0.1) is 0 Å². The number of ketones is 1. The second kappa shape index (κ2) is 4.40. The Labute approximate surface area is 114 Å². The highest BCUT2D eigenvalue weighted by molar-refractivity contribution is 6.12. The Morgan fingerprint density at radius 2 is 2.00 bits per heavy atom. The van der Waals surface area contributed by atoms with E-state index >= 15 is 0 Å². The first-order valence-corrected chi connectivity index (χ1v) is 6.25. The average Bonchev–Trinajstić information content (AvgIpc) is 3.19. The van der Waals surface area contributed by atoms with Gasteiger partial charge in [-0.25, -0.2) is 4.39 Å². The summed E-state index contributed by atoms with van der Waals surface area (Å²) < 4.78 is 18.3. The molecule has 1 aliphatic carbocycles. The van der Waals surface area contributed by atoms with Crippen LogP contribution in [0.15, 0.2) is 18.2 Å². The predicted molar refractivity (Wildman–Crippen MR) is 65.6 cm³/mol. The number of carbonyl (C=O) groups is 3. The van der Waals surface area contributed by atoms with E-state index in [4.69, 9.17) is 4.74 Å². The molecule has 1 saturated heterocycles. The van der Waals surface area contributed by atoms with Crippen LogP contribution in [0.4, 0.5) is 4.39 Å². The summed E-state index contributed by atoms with van der Waals surface area (Å²) in [6, 6.07) is 3.80. The van der Waals surface area contributed by atoms with Crippen LogP contribution in [-0.2, 0) is 9.59 Å². The molecule has 0 aromatic heterocycles. The van der Waals surface area contributed by atoms with Crippen LogP contribution in [0, 0.1) is 17.7 Å². The van der Waals surface area contributed by atoms with Crippen molar-refractivity contribution in [3.05, 3.63) is 29.6 Å². The highest BCUT2D eigenvalue weighted by Gasteiger charge is 2.58. The number of piperidine rings is 1. The van der Waals surface area contributed by atoms with Gasteiger partial charge in [-0.3, -0.25) is 19.3 Å². The lowest BCUT2D eigenvalue weighted by Gasteiger charge is -2.15. The Morgan fingerprint density at radius 1 is 1.35 bits per heavy atom. The summed E-state index contributed by atoms with van der Waals surface area (Å²) in [7, 11) is 1.33. The van der Waals surface area contributed by atoms with Gasteiger partial charge in [-0.1, -0.05) is 0 Å². The zero-order chi connectivity index (χ0) is 14.4. The number of halogens is 1. The number of amides is 2. The van der Waals surface area contributed by atoms with Crippen LogP contribution in [-0.4, -0.2) is 36.2 Å². The van der Waals surface area contributed by atoms with Crippen molar-refractivity contribution in [2.75, 3.05) is 13.7 Å². The van der Waals surface area contributed by atoms with Gasteiger partial charge >= 0.3 is 0 Å². The van der Waals surface area contributed by atoms with E-state index in [9.17, 15) is 18.8 Å². The SMILES string of the molecule is COc1ccc(C(=O)CN2C(=O)C3CC3C2=O)cc1F. The number of Topliss-reactive ketones (excluding diaryl/α,β-unsaturated/α-hetero) is 1. The van der Waals surface area contributed by atoms with E-state index in [0.717, 1.165) is 11.0 Å². The Balaban J connectivity index is 1.75. The lowest BCUT2D eigenvalue weighted by Crippen LogP contribution is -2.37. The summed E-state index contributed by atoms with van der Waals surface area (Å²) in [6.45, 7) is -0.323. The van der Waals surface area contributed by atoms with Crippen LogP contribution in [0.3, 0.4) is 0 Å². The summed E-state index contributed by atoms with van der Waals surface area (Å²) in [5.41, 5.74) is 0.115. The maximum absolute atomic E-state index is 13.5. The van der Waals surface area contributed by atoms with E-state index in [2.05, 4.69) is 0 Å². The molecule has 2 aliphatic rings. The molecule has 1 aromatic rings. The number of imide groups is 1. The molecule has 1 aromatic carbocycles. The molecular formula is C14H12FNO4. The third-order valence-corrected chi connectivity index (χ3v) is 3.73. The second-order valence-electron chi connectivity index (χ2n) is 4.98. The topological polar surface area (TPSA) is 63.7 Å². The van der Waals surface area contributed by atoms with Gasteiger partial charge in [0.25, 0.3) is 0 Å². The predicted octanol–water partition coefficient (Wildman–Crippen LogP) is 1.02. The van der Waals surface area contributed by atoms with Crippen molar-refractivity contribution in [1.82, 2.24) is 4.90 Å². The molecule has 2 fully saturated rings. The van der Waals surface area contributed by atoms with E-state index in [1.807, 2.05) is 0 Å². The molecule has 2 unspecified atom stereocenters. The van der Waals surface area contributed by atoms with Crippen molar-refractivity contribution < 1.29 is 23.5 Å². The second-order valence-corrected chi connectivity index (χ2v) is 4.98. The van der Waals surface area contributed by atoms with E-state index in [0.29, 0.717) is 6.42 Å². The fraction of sp³-hybridized carbons (Fsp3) is 0.357. The van der Waals surface area contributed by atoms with E-state index < -0.39 is 11.6 Å². The minimum absolute atomic E-state index is 0.0381. The molecule has 0 radical (unpaired) electrons. The average molecular weight is 277 g/mol. The van der Waals surface area contributed by atoms with Crippen molar-refractivity contribution in [2.24, 2.45) is 11.8 Å². The molecule has 5 nitrogen and oxygen atoms in total. The number of nitrogens with zero attached hydrogens (tertiary/aromatic N) is 1. The Morgan fingerprint density at radius 3 is 2.55 bits per heavy atom. The van der Waals surface area contributed by atoms with Gasteiger partial charge in [0.15, 0.2) is 17.3 Å². The number of hydrogen-bond acceptors (Lipinski definition) is 4. The molecule has 1 saturated carbocycles. The van der Waals surface area contributed by atoms with Crippen LogP contribution < -0.4 is 4.74 Å². The molecule has 2 amide bonds. The van der Waals surface area contributed by atoms with Crippen LogP contribution in [0.2, 0.25) is 0 Å². The van der Waals surface area contributed by atoms with Crippen LogP contribution in [0.1, 0.15) is 16.8 Å². The van der Waals surface area contributed by atoms with E-state index in [1.54, 1.807) is 0 Å². The largest absolute Gasteiger partial charge is 0.494 e. The van der Waals surface area contributed by atoms with Crippen LogP contribution in [0.5, 0.6) is 5.75 Å². The highest BCUT2D eigenvalue weighted by Crippen LogP contribution is 2.46. The van der Waals surface area contributed by atoms with E-state index in [1.165, 1.54) is 19.2 Å². The Bertz CT molecular complexity index is 608. The fourth-order valence-electron chi connectivity index (χ4n) is 2.48. The fourth-order valence-corrected chi connectivity index (χ4v) is 2.48. The molecule has 0 bridgehead atoms. The van der Waals surface area contributed by atoms with Crippen molar-refractivity contribution in [1.29, 1.82) is 0 Å². The Hall–Kier alpha value is -2.24. The quantitative estimate of drug-likeness (QED) is 0.609. The summed E-state index contributed by atoms with van der Waals surface area (Å²) in [6.07, 6.45) is 0.597. The van der Waals surface area contributed by atoms with Crippen molar-refractivity contribution in [3.8, 4) is 5.75 Å². The van der Waals surface area contributed by atoms with Gasteiger partial charge < -0.3 is 4.74 Å². The first kappa shape index (κ1) is 12.8. The number of fused-ring (bicyclic) bond motifs is 1. The van der Waals surface area contributed by atoms with Gasteiger partial charge in [0, 0.05) is 5.56 Å². The summed E-state index contributed by atoms with van der Waals surface area (Å²) in [4.78, 5) is 36.5. The summed E-state index contributed by atoms with van der Waals surface area (Å²) >= 11 is 0. The molecule has 104 valence electrons. The third kappa shape index (κ3) is 1.88. The summed E-state index contributed by atoms with van der Waals surface area (Å²) in [5.74, 6) is -2.12. The lowest BCUT2D eigenvalue weighted by molar-refractivity contribution is -0.140. The molecule has 6 heteroatoms. The zero-order valence-electron chi connectivity index (χ0n) is 10.8. The highest BCUT2D eigenvalue weighted by atomic mass is 19.1. The monoisotopic (exact) mass is 277 g/mol. The standard InChI is InChI=1S/C14H12FNO4/c1-20-12-3-2-7(4-10(12)15)11(17)6-16-13(18)8-5-9(8)14(16)19/h2-4,8-9H,5-6H2,1H3. The molecule has 2 atom stereocenters. The number of ether oxygens (including phenoxy) is 1. The molecule has 0 spiro atoms. The maximum atomic E-state index is 13.5. The maximum Gasteiger partial charge on any atom is 0.233 e. The van der Waals surface area contributed by atoms with Crippen molar-refractivity contribution >= 4 is 17.6 Å². The number of hydrogen-bond donors (Lipinski definition) is 0. The number of rotatable bonds is 4. The molecule has 3 rings (SSSR count). The smallest absolute Gasteiger partial charge is 0.233 e. The third-order valence-electron chi connectivity index (χ3n) is 3.73. The van der Waals surface area contributed by atoms with Gasteiger partial charge in [-0.05, 0) is 24.6 Å². The van der Waals surface area contributed by atoms with Gasteiger partial charge in [0.1, 0.15) is 0 Å². The summed E-state index contributed by atoms with van der Waals surface area (Å²) in [5, 5.41) is 0.